The van der Waals surface area contributed by atoms with Crippen molar-refractivity contribution in [3.8, 4) is 0 Å². The summed E-state index contributed by atoms with van der Waals surface area (Å²) in [5.41, 5.74) is 0.511. The van der Waals surface area contributed by atoms with Gasteiger partial charge in [0.15, 0.2) is 0 Å². The Balaban J connectivity index is 2.24. The molecule has 2 heterocycles. The van der Waals surface area contributed by atoms with Gasteiger partial charge >= 0.3 is 5.97 Å². The monoisotopic (exact) mass is 224 g/mol. The van der Waals surface area contributed by atoms with Crippen molar-refractivity contribution in [2.45, 2.75) is 33.0 Å². The van der Waals surface area contributed by atoms with Gasteiger partial charge in [0.2, 0.25) is 0 Å². The van der Waals surface area contributed by atoms with Gasteiger partial charge in [0.05, 0.1) is 24.4 Å². The fourth-order valence-electron chi connectivity index (χ4n) is 2.33. The number of ketones is 1. The first-order chi connectivity index (χ1) is 7.56. The van der Waals surface area contributed by atoms with Gasteiger partial charge in [0.25, 0.3) is 0 Å². The molecule has 0 unspecified atom stereocenters. The molecule has 0 N–H and O–H groups in total. The summed E-state index contributed by atoms with van der Waals surface area (Å²) in [4.78, 5) is 23.5. The van der Waals surface area contributed by atoms with Crippen LogP contribution in [0.25, 0.3) is 0 Å². The number of hydrogen-bond donors (Lipinski definition) is 0. The van der Waals surface area contributed by atoms with E-state index in [1.807, 2.05) is 6.92 Å². The van der Waals surface area contributed by atoms with Gasteiger partial charge in [-0.3, -0.25) is 4.79 Å². The molecule has 2 bridgehead atoms. The van der Waals surface area contributed by atoms with E-state index in [0.29, 0.717) is 12.2 Å². The summed E-state index contributed by atoms with van der Waals surface area (Å²) in [6, 6.07) is 0. The number of carbonyl (C=O) groups excluding carboxylic acids is 2. The van der Waals surface area contributed by atoms with Gasteiger partial charge in [-0.15, -0.1) is 0 Å². The highest BCUT2D eigenvalue weighted by molar-refractivity contribution is 5.95. The highest BCUT2D eigenvalue weighted by Crippen LogP contribution is 2.37. The van der Waals surface area contributed by atoms with Crippen LogP contribution in [0.3, 0.4) is 0 Å². The number of esters is 1. The molecule has 0 aromatic heterocycles. The zero-order valence-corrected chi connectivity index (χ0v) is 9.73. The lowest BCUT2D eigenvalue weighted by molar-refractivity contribution is -0.146. The summed E-state index contributed by atoms with van der Waals surface area (Å²) in [6.07, 6.45) is 1.08. The summed E-state index contributed by atoms with van der Waals surface area (Å²) in [5, 5.41) is 0. The molecule has 4 nitrogen and oxygen atoms in total. The molecule has 2 rings (SSSR count). The van der Waals surface area contributed by atoms with Crippen molar-refractivity contribution in [1.82, 2.24) is 0 Å². The highest BCUT2D eigenvalue weighted by atomic mass is 16.5. The van der Waals surface area contributed by atoms with E-state index in [1.54, 1.807) is 19.9 Å². The molecule has 4 atom stereocenters. The highest BCUT2D eigenvalue weighted by Gasteiger charge is 2.47. The molecule has 88 valence electrons. The zero-order chi connectivity index (χ0) is 11.9. The lowest BCUT2D eigenvalue weighted by Crippen LogP contribution is -2.42. The summed E-state index contributed by atoms with van der Waals surface area (Å²) in [5.74, 6) is -0.622. The van der Waals surface area contributed by atoms with Crippen LogP contribution in [-0.2, 0) is 19.1 Å². The van der Waals surface area contributed by atoms with Gasteiger partial charge in [-0.1, -0.05) is 13.8 Å². The number of fused-ring (bicyclic) bond motifs is 2. The van der Waals surface area contributed by atoms with Crippen LogP contribution in [0.15, 0.2) is 11.6 Å². The van der Waals surface area contributed by atoms with E-state index < -0.39 is 6.10 Å². The van der Waals surface area contributed by atoms with Crippen LogP contribution in [-0.4, -0.2) is 30.6 Å². The third kappa shape index (κ3) is 1.57. The minimum Gasteiger partial charge on any atom is -0.463 e. The quantitative estimate of drug-likeness (QED) is 0.659. The van der Waals surface area contributed by atoms with E-state index in [1.165, 1.54) is 0 Å². The van der Waals surface area contributed by atoms with Crippen molar-refractivity contribution in [3.05, 3.63) is 11.6 Å². The Labute approximate surface area is 94.6 Å². The fraction of sp³-hybridized carbons (Fsp3) is 0.667. The van der Waals surface area contributed by atoms with Crippen LogP contribution in [0, 0.1) is 11.8 Å². The Morgan fingerprint density at radius 1 is 1.44 bits per heavy atom. The minimum absolute atomic E-state index is 0.164. The van der Waals surface area contributed by atoms with Gasteiger partial charge in [0, 0.05) is 11.8 Å². The molecule has 0 amide bonds. The second-order valence-electron chi connectivity index (χ2n) is 4.34. The van der Waals surface area contributed by atoms with Gasteiger partial charge in [0.1, 0.15) is 5.78 Å². The predicted molar refractivity (Wildman–Crippen MR) is 56.7 cm³/mol. The van der Waals surface area contributed by atoms with Gasteiger partial charge in [-0.05, 0) is 13.0 Å². The first-order valence-electron chi connectivity index (χ1n) is 5.64. The topological polar surface area (TPSA) is 52.6 Å². The normalized spacial score (nSPS) is 37.2. The molecule has 16 heavy (non-hydrogen) atoms. The molecule has 0 aliphatic carbocycles. The molecule has 4 heteroatoms. The average Bonchev–Trinajstić information content (AvgIpc) is 2.67. The standard InChI is InChI=1S/C12H16O4/c1-4-15-12(14)8-5-9-6(2)10(13)7(3)11(8)16-9/h5-7,9,11H,4H2,1-3H3/t6-,7-,9+,11+/m0/s1. The average molecular weight is 224 g/mol. The lowest BCUT2D eigenvalue weighted by Gasteiger charge is -2.31. The molecular formula is C12H16O4. The van der Waals surface area contributed by atoms with Crippen LogP contribution in [0.2, 0.25) is 0 Å². The van der Waals surface area contributed by atoms with Crippen molar-refractivity contribution >= 4 is 11.8 Å². The van der Waals surface area contributed by atoms with Gasteiger partial charge < -0.3 is 9.47 Å². The van der Waals surface area contributed by atoms with E-state index in [4.69, 9.17) is 9.47 Å². The number of ether oxygens (including phenoxy) is 2. The number of rotatable bonds is 2. The third-order valence-corrected chi connectivity index (χ3v) is 3.31. The van der Waals surface area contributed by atoms with E-state index >= 15 is 0 Å². The Kier molecular flexibility index (Phi) is 2.84. The maximum Gasteiger partial charge on any atom is 0.336 e. The van der Waals surface area contributed by atoms with Crippen molar-refractivity contribution in [1.29, 1.82) is 0 Å². The van der Waals surface area contributed by atoms with Gasteiger partial charge in [-0.2, -0.15) is 0 Å². The van der Waals surface area contributed by atoms with Crippen molar-refractivity contribution in [2.75, 3.05) is 6.61 Å². The molecule has 0 aromatic carbocycles. The molecule has 0 saturated carbocycles. The Bertz CT molecular complexity index is 358. The van der Waals surface area contributed by atoms with Crippen LogP contribution in [0.4, 0.5) is 0 Å². The Hall–Kier alpha value is -1.16. The third-order valence-electron chi connectivity index (χ3n) is 3.31. The molecule has 2 aliphatic heterocycles. The van der Waals surface area contributed by atoms with E-state index in [2.05, 4.69) is 0 Å². The first kappa shape index (κ1) is 11.3. The molecule has 0 radical (unpaired) electrons. The molecule has 0 aromatic rings. The van der Waals surface area contributed by atoms with E-state index in [0.717, 1.165) is 0 Å². The second-order valence-corrected chi connectivity index (χ2v) is 4.34. The maximum atomic E-state index is 11.8. The minimum atomic E-state index is -0.409. The first-order valence-corrected chi connectivity index (χ1v) is 5.64. The predicted octanol–water partition coefficient (Wildman–Crippen LogP) is 1.10. The zero-order valence-electron chi connectivity index (χ0n) is 9.73. The molecule has 1 fully saturated rings. The smallest absolute Gasteiger partial charge is 0.336 e. The lowest BCUT2D eigenvalue weighted by atomic mass is 9.87. The molecular weight excluding hydrogens is 208 g/mol. The van der Waals surface area contributed by atoms with Crippen LogP contribution in [0.1, 0.15) is 20.8 Å². The maximum absolute atomic E-state index is 11.8. The summed E-state index contributed by atoms with van der Waals surface area (Å²) in [7, 11) is 0. The largest absolute Gasteiger partial charge is 0.463 e. The van der Waals surface area contributed by atoms with Crippen molar-refractivity contribution in [3.63, 3.8) is 0 Å². The number of Topliss-reactive ketones (excluding diaryl/α,β-unsaturated/α-hetero) is 1. The van der Waals surface area contributed by atoms with E-state index in [-0.39, 0.29) is 29.7 Å². The van der Waals surface area contributed by atoms with E-state index in [9.17, 15) is 9.59 Å². The SMILES string of the molecule is CCOC(=O)C1=C[C@H]2O[C@@H]1[C@@H](C)C(=O)[C@H]2C. The van der Waals surface area contributed by atoms with Gasteiger partial charge in [-0.25, -0.2) is 4.79 Å². The molecule has 2 aliphatic rings. The Morgan fingerprint density at radius 3 is 2.75 bits per heavy atom. The van der Waals surface area contributed by atoms with Crippen molar-refractivity contribution in [2.24, 2.45) is 11.8 Å². The molecule has 1 saturated heterocycles. The Morgan fingerprint density at radius 2 is 2.12 bits per heavy atom. The number of hydrogen-bond acceptors (Lipinski definition) is 4. The second kappa shape index (κ2) is 4.01. The van der Waals surface area contributed by atoms with Crippen molar-refractivity contribution < 1.29 is 19.1 Å². The number of carbonyl (C=O) groups is 2. The summed E-state index contributed by atoms with van der Waals surface area (Å²) >= 11 is 0. The fourth-order valence-corrected chi connectivity index (χ4v) is 2.33. The molecule has 0 spiro atoms. The van der Waals surface area contributed by atoms with Crippen LogP contribution < -0.4 is 0 Å². The van der Waals surface area contributed by atoms with Crippen LogP contribution in [0.5, 0.6) is 0 Å². The summed E-state index contributed by atoms with van der Waals surface area (Å²) < 4.78 is 10.6. The summed E-state index contributed by atoms with van der Waals surface area (Å²) in [6.45, 7) is 5.74. The van der Waals surface area contributed by atoms with Crippen LogP contribution >= 0.6 is 0 Å².